The zero-order valence-corrected chi connectivity index (χ0v) is 16.5. The third-order valence-electron chi connectivity index (χ3n) is 5.80. The first-order chi connectivity index (χ1) is 15.0. The number of pyridine rings is 1. The Hall–Kier alpha value is -3.76. The highest BCUT2D eigenvalue weighted by molar-refractivity contribution is 5.72. The second-order valence-electron chi connectivity index (χ2n) is 7.75. The van der Waals surface area contributed by atoms with Crippen molar-refractivity contribution in [3.8, 4) is 11.5 Å². The second kappa shape index (κ2) is 7.49. The van der Waals surface area contributed by atoms with Crippen LogP contribution in [0.25, 0.3) is 28.3 Å². The van der Waals surface area contributed by atoms with E-state index >= 15 is 0 Å². The molecule has 0 spiro atoms. The van der Waals surface area contributed by atoms with Crippen molar-refractivity contribution in [3.05, 3.63) is 47.0 Å². The Morgan fingerprint density at radius 3 is 2.81 bits per heavy atom. The molecule has 0 radical (unpaired) electrons. The van der Waals surface area contributed by atoms with Crippen LogP contribution in [0.2, 0.25) is 0 Å². The van der Waals surface area contributed by atoms with Crippen molar-refractivity contribution in [2.75, 3.05) is 6.61 Å². The van der Waals surface area contributed by atoms with Gasteiger partial charge in [0.2, 0.25) is 0 Å². The molecule has 0 aliphatic heterocycles. The monoisotopic (exact) mass is 425 g/mol. The van der Waals surface area contributed by atoms with E-state index in [9.17, 15) is 14.0 Å². The van der Waals surface area contributed by atoms with Gasteiger partial charge in [0.05, 0.1) is 19.0 Å². The molecular weight excluding hydrogens is 405 g/mol. The summed E-state index contributed by atoms with van der Waals surface area (Å²) in [7, 11) is 0. The topological polar surface area (TPSA) is 133 Å². The SMILES string of the molecule is NC(=O)OCC1CCC(n2c(=O)[nH]c3cnc(-c4cnc5ccc(F)cn45)nc32)CC1. The van der Waals surface area contributed by atoms with E-state index in [0.29, 0.717) is 34.9 Å². The smallest absolute Gasteiger partial charge is 0.404 e. The first-order valence-electron chi connectivity index (χ1n) is 10.0. The molecule has 4 heterocycles. The van der Waals surface area contributed by atoms with E-state index in [4.69, 9.17) is 10.5 Å². The lowest BCUT2D eigenvalue weighted by molar-refractivity contribution is 0.117. The number of halogens is 1. The van der Waals surface area contributed by atoms with Crippen molar-refractivity contribution in [1.29, 1.82) is 0 Å². The Kier molecular flexibility index (Phi) is 4.64. The molecule has 0 aromatic carbocycles. The average molecular weight is 425 g/mol. The van der Waals surface area contributed by atoms with Crippen LogP contribution >= 0.6 is 0 Å². The Balaban J connectivity index is 1.47. The van der Waals surface area contributed by atoms with Crippen LogP contribution in [0, 0.1) is 11.7 Å². The van der Waals surface area contributed by atoms with Crippen LogP contribution in [0.5, 0.6) is 0 Å². The van der Waals surface area contributed by atoms with E-state index in [0.717, 1.165) is 25.7 Å². The van der Waals surface area contributed by atoms with E-state index < -0.39 is 11.9 Å². The van der Waals surface area contributed by atoms with Gasteiger partial charge in [0.25, 0.3) is 0 Å². The maximum Gasteiger partial charge on any atom is 0.404 e. The molecule has 1 aliphatic rings. The third-order valence-corrected chi connectivity index (χ3v) is 5.80. The van der Waals surface area contributed by atoms with Gasteiger partial charge in [-0.25, -0.2) is 28.9 Å². The molecule has 4 aromatic heterocycles. The number of fused-ring (bicyclic) bond motifs is 2. The van der Waals surface area contributed by atoms with E-state index in [1.165, 1.54) is 12.3 Å². The van der Waals surface area contributed by atoms with Crippen LogP contribution in [0.1, 0.15) is 31.7 Å². The van der Waals surface area contributed by atoms with E-state index in [1.54, 1.807) is 27.4 Å². The Morgan fingerprint density at radius 1 is 1.23 bits per heavy atom. The zero-order chi connectivity index (χ0) is 21.5. The predicted octanol–water partition coefficient (Wildman–Crippen LogP) is 2.40. The van der Waals surface area contributed by atoms with Gasteiger partial charge in [0, 0.05) is 12.2 Å². The molecule has 4 aromatic rings. The van der Waals surface area contributed by atoms with Crippen molar-refractivity contribution in [1.82, 2.24) is 28.9 Å². The summed E-state index contributed by atoms with van der Waals surface area (Å²) >= 11 is 0. The number of carbonyl (C=O) groups is 1. The summed E-state index contributed by atoms with van der Waals surface area (Å²) in [5.74, 6) is 0.174. The number of nitrogens with two attached hydrogens (primary N) is 1. The number of amides is 1. The highest BCUT2D eigenvalue weighted by Crippen LogP contribution is 2.33. The first kappa shape index (κ1) is 19.2. The molecule has 1 amide bonds. The van der Waals surface area contributed by atoms with Gasteiger partial charge in [0.15, 0.2) is 11.5 Å². The lowest BCUT2D eigenvalue weighted by Crippen LogP contribution is -2.28. The van der Waals surface area contributed by atoms with E-state index in [1.807, 2.05) is 0 Å². The largest absolute Gasteiger partial charge is 0.449 e. The molecule has 1 fully saturated rings. The standard InChI is InChI=1S/C20H20FN7O3/c21-12-3-6-16-23-8-15(27(16)9-12)17-24-7-14-18(26-17)28(20(30)25-14)13-4-1-11(2-5-13)10-31-19(22)29/h3,6-9,11,13H,1-2,4-5,10H2,(H2,22,29)(H,25,30). The number of hydrogen-bond donors (Lipinski definition) is 2. The fourth-order valence-electron chi connectivity index (χ4n) is 4.27. The summed E-state index contributed by atoms with van der Waals surface area (Å²) in [6.07, 6.45) is 6.80. The van der Waals surface area contributed by atoms with Crippen LogP contribution < -0.4 is 11.4 Å². The Labute approximate surface area is 174 Å². The number of nitrogens with zero attached hydrogens (tertiary/aromatic N) is 5. The summed E-state index contributed by atoms with van der Waals surface area (Å²) in [6.45, 7) is 0.294. The molecule has 0 unspecified atom stereocenters. The zero-order valence-electron chi connectivity index (χ0n) is 16.5. The molecule has 0 bridgehead atoms. The van der Waals surface area contributed by atoms with Gasteiger partial charge in [-0.15, -0.1) is 0 Å². The third kappa shape index (κ3) is 3.51. The first-order valence-corrected chi connectivity index (χ1v) is 10.0. The Morgan fingerprint density at radius 2 is 2.03 bits per heavy atom. The van der Waals surface area contributed by atoms with Crippen LogP contribution in [-0.4, -0.2) is 41.6 Å². The molecule has 5 rings (SSSR count). The van der Waals surface area contributed by atoms with Gasteiger partial charge in [-0.2, -0.15) is 0 Å². The maximum absolute atomic E-state index is 13.7. The molecule has 0 saturated heterocycles. The number of aromatic nitrogens is 6. The van der Waals surface area contributed by atoms with Crippen molar-refractivity contribution < 1.29 is 13.9 Å². The molecule has 10 nitrogen and oxygen atoms in total. The number of hydrogen-bond acceptors (Lipinski definition) is 6. The molecule has 1 aliphatic carbocycles. The average Bonchev–Trinajstić information content (AvgIpc) is 3.31. The summed E-state index contributed by atoms with van der Waals surface area (Å²) in [6, 6.07) is 2.88. The lowest BCUT2D eigenvalue weighted by atomic mass is 9.86. The number of ether oxygens (including phenoxy) is 1. The second-order valence-corrected chi connectivity index (χ2v) is 7.75. The summed E-state index contributed by atoms with van der Waals surface area (Å²) in [5.41, 5.74) is 6.93. The van der Waals surface area contributed by atoms with Gasteiger partial charge in [-0.3, -0.25) is 8.97 Å². The summed E-state index contributed by atoms with van der Waals surface area (Å²) < 4.78 is 21.9. The minimum atomic E-state index is -0.772. The fourth-order valence-corrected chi connectivity index (χ4v) is 4.27. The minimum absolute atomic E-state index is 0.0338. The number of nitrogens with one attached hydrogen (secondary N) is 1. The Bertz CT molecular complexity index is 1330. The summed E-state index contributed by atoms with van der Waals surface area (Å²) in [5, 5.41) is 0. The van der Waals surface area contributed by atoms with Crippen molar-refractivity contribution >= 4 is 22.9 Å². The van der Waals surface area contributed by atoms with E-state index in [2.05, 4.69) is 19.9 Å². The van der Waals surface area contributed by atoms with Crippen LogP contribution in [0.4, 0.5) is 9.18 Å². The molecule has 11 heteroatoms. The fraction of sp³-hybridized carbons (Fsp3) is 0.350. The highest BCUT2D eigenvalue weighted by Gasteiger charge is 2.26. The van der Waals surface area contributed by atoms with Gasteiger partial charge in [-0.05, 0) is 43.7 Å². The molecule has 3 N–H and O–H groups in total. The number of imidazole rings is 2. The lowest BCUT2D eigenvalue weighted by Gasteiger charge is -2.28. The van der Waals surface area contributed by atoms with Crippen molar-refractivity contribution in [3.63, 3.8) is 0 Å². The number of aromatic amines is 1. The highest BCUT2D eigenvalue weighted by atomic mass is 19.1. The van der Waals surface area contributed by atoms with Gasteiger partial charge in [0.1, 0.15) is 22.7 Å². The van der Waals surface area contributed by atoms with Gasteiger partial charge >= 0.3 is 11.8 Å². The number of carbonyl (C=O) groups excluding carboxylic acids is 1. The number of H-pyrrole nitrogens is 1. The van der Waals surface area contributed by atoms with Gasteiger partial charge in [-0.1, -0.05) is 0 Å². The molecule has 31 heavy (non-hydrogen) atoms. The maximum atomic E-state index is 13.7. The van der Waals surface area contributed by atoms with E-state index in [-0.39, 0.29) is 17.6 Å². The summed E-state index contributed by atoms with van der Waals surface area (Å²) in [4.78, 5) is 39.5. The molecule has 0 atom stereocenters. The molecule has 1 saturated carbocycles. The van der Waals surface area contributed by atoms with Crippen LogP contribution in [0.15, 0.2) is 35.5 Å². The van der Waals surface area contributed by atoms with Crippen molar-refractivity contribution in [2.24, 2.45) is 11.7 Å². The van der Waals surface area contributed by atoms with Crippen molar-refractivity contribution in [2.45, 2.75) is 31.7 Å². The normalized spacial score (nSPS) is 19.1. The quantitative estimate of drug-likeness (QED) is 0.516. The molecule has 160 valence electrons. The van der Waals surface area contributed by atoms with Gasteiger partial charge < -0.3 is 15.5 Å². The minimum Gasteiger partial charge on any atom is -0.449 e. The number of primary amides is 1. The van der Waals surface area contributed by atoms with Crippen LogP contribution in [-0.2, 0) is 4.74 Å². The van der Waals surface area contributed by atoms with Crippen LogP contribution in [0.3, 0.4) is 0 Å². The number of rotatable bonds is 4. The predicted molar refractivity (Wildman–Crippen MR) is 109 cm³/mol. The molecular formula is C20H20FN7O3.